The molecule has 0 radical (unpaired) electrons. The van der Waals surface area contributed by atoms with E-state index in [9.17, 15) is 72.3 Å². The molecule has 1 fully saturated rings. The summed E-state index contributed by atoms with van der Waals surface area (Å²) < 4.78 is 79.8. The molecule has 1 aliphatic rings. The number of carbonyl (C=O) groups is 2. The highest BCUT2D eigenvalue weighted by Gasteiger charge is 2.59. The zero-order chi connectivity index (χ0) is 55.9. The number of thioether (sulfide) groups is 1. The fraction of sp³-hybridized carbons (Fsp3) is 0.609. The average Bonchev–Trinajstić information content (AvgIpc) is 3.30. The number of carbonyl (C=O) groups excluding carboxylic acids is 2. The van der Waals surface area contributed by atoms with Crippen LogP contribution in [-0.2, 0) is 59.9 Å². The second-order valence-electron chi connectivity index (χ2n) is 15.2. The zero-order valence-corrected chi connectivity index (χ0v) is 44.9. The van der Waals surface area contributed by atoms with Gasteiger partial charge in [0.2, 0.25) is 5.12 Å². The van der Waals surface area contributed by atoms with Crippen molar-refractivity contribution in [2.75, 3.05) is 20.0 Å². The molecule has 0 saturated heterocycles. The highest BCUT2D eigenvalue weighted by molar-refractivity contribution is 8.17. The molecule has 0 amide bonds. The van der Waals surface area contributed by atoms with Crippen LogP contribution < -0.4 is 0 Å². The van der Waals surface area contributed by atoms with Crippen LogP contribution in [0.5, 0.6) is 0 Å². The van der Waals surface area contributed by atoms with Gasteiger partial charge in [0.25, 0.3) is 0 Å². The first-order valence-corrected chi connectivity index (χ1v) is 29.6. The van der Waals surface area contributed by atoms with Crippen LogP contribution >= 0.6 is 43.1 Å². The Labute approximate surface area is 458 Å². The van der Waals surface area contributed by atoms with Crippen LogP contribution in [0.4, 0.5) is 0 Å². The third kappa shape index (κ3) is 38.7. The minimum absolute atomic E-state index is 0. The number of esters is 1. The second-order valence-corrected chi connectivity index (χ2v) is 21.0. The van der Waals surface area contributed by atoms with Crippen molar-refractivity contribution in [3.05, 3.63) is 0 Å². The smallest absolute Gasteiger partial charge is 0.457 e. The van der Waals surface area contributed by atoms with E-state index >= 15 is 0 Å². The van der Waals surface area contributed by atoms with Crippen molar-refractivity contribution in [1.82, 2.24) is 0 Å². The van der Waals surface area contributed by atoms with Gasteiger partial charge in [-0.05, 0) is 101 Å². The fourth-order valence-corrected chi connectivity index (χ4v) is 9.23. The maximum Gasteiger partial charge on any atom is 0.472 e. The van der Waals surface area contributed by atoms with Gasteiger partial charge in [0.15, 0.2) is 0 Å². The van der Waals surface area contributed by atoms with E-state index < -0.39 is 100.0 Å². The largest absolute Gasteiger partial charge is 0.472 e. The third-order valence-corrected chi connectivity index (χ3v) is 12.3. The van der Waals surface area contributed by atoms with Crippen LogP contribution in [0.15, 0.2) is 0 Å². The molecule has 0 aromatic carbocycles. The zero-order valence-electron chi connectivity index (χ0n) is 40.5. The minimum atomic E-state index is -5.75. The lowest BCUT2D eigenvalue weighted by Gasteiger charge is -2.45. The van der Waals surface area contributed by atoms with Crippen molar-refractivity contribution in [2.45, 2.75) is 159 Å². The van der Waals surface area contributed by atoms with E-state index in [1.807, 2.05) is 6.92 Å². The molecule has 1 saturated carbocycles. The normalized spacial score (nSPS) is 19.0. The lowest BCUT2D eigenvalue weighted by molar-refractivity contribution is -0.209. The number of hydrogen-bond donors (Lipinski definition) is 10. The monoisotopic (exact) mass is 1170 g/mol. The number of unbranched alkanes of at least 4 members (excludes halogenated alkanes) is 12. The molecule has 0 aliphatic heterocycles. The fourth-order valence-electron chi connectivity index (χ4n) is 6.05. The first kappa shape index (κ1) is 70.2. The van der Waals surface area contributed by atoms with Crippen molar-refractivity contribution in [3.8, 4) is 94.6 Å². The van der Waals surface area contributed by atoms with Crippen LogP contribution in [0, 0.1) is 94.6 Å². The summed E-state index contributed by atoms with van der Waals surface area (Å²) in [6, 6.07) is 0. The predicted octanol–water partition coefficient (Wildman–Crippen LogP) is 7.37. The predicted molar refractivity (Wildman–Crippen MR) is 299 cm³/mol. The van der Waals surface area contributed by atoms with Crippen molar-refractivity contribution in [1.29, 1.82) is 0 Å². The number of hydrogen-bond acceptors (Lipinski definition) is 17. The number of terminal acetylenes is 1. The molecule has 0 spiro atoms. The summed E-state index contributed by atoms with van der Waals surface area (Å²) in [6.07, 6.45) is 2.56. The summed E-state index contributed by atoms with van der Waals surface area (Å²) >= 11 is 0.955. The Balaban J connectivity index is -0.0000000896. The quantitative estimate of drug-likeness (QED) is 0.0106. The van der Waals surface area contributed by atoms with Gasteiger partial charge in [0, 0.05) is 46.0 Å². The Kier molecular flexibility index (Phi) is 38.4. The number of phosphoric ester groups is 4. The molecule has 8 atom stereocenters. The molecule has 10 N–H and O–H groups in total. The Morgan fingerprint density at radius 3 is 1.35 bits per heavy atom. The van der Waals surface area contributed by atoms with Crippen LogP contribution in [0.25, 0.3) is 0 Å². The molecular formula is C46H92O23P4S. The summed E-state index contributed by atoms with van der Waals surface area (Å²) in [5.74, 6) is 33.4. The van der Waals surface area contributed by atoms with E-state index in [0.717, 1.165) is 50.3 Å². The maximum absolute atomic E-state index is 12.9. The Hall–Kier alpha value is -3.75. The summed E-state index contributed by atoms with van der Waals surface area (Å²) in [4.78, 5) is 89.5. The molecule has 440 valence electrons. The summed E-state index contributed by atoms with van der Waals surface area (Å²) in [5, 5.41) is 33.0. The maximum atomic E-state index is 12.9. The topological polar surface area (TPSA) is 369 Å². The van der Waals surface area contributed by atoms with Gasteiger partial charge in [0.05, 0.1) is 13.2 Å². The molecular weight excluding hydrogens is 1080 g/mol. The molecule has 0 aromatic rings. The number of ether oxygens (including phenoxy) is 2. The molecule has 23 nitrogen and oxygen atoms in total. The van der Waals surface area contributed by atoms with Crippen molar-refractivity contribution < 1.29 is 131 Å². The number of aliphatic hydroxyl groups is 3. The van der Waals surface area contributed by atoms with Gasteiger partial charge in [-0.2, -0.15) is 0 Å². The van der Waals surface area contributed by atoms with Gasteiger partial charge in [-0.1, -0.05) is 90.9 Å². The Bertz CT molecular complexity index is 2460. The Morgan fingerprint density at radius 2 is 0.946 bits per heavy atom. The van der Waals surface area contributed by atoms with Crippen LogP contribution in [0.3, 0.4) is 0 Å². The van der Waals surface area contributed by atoms with E-state index in [2.05, 4.69) is 109 Å². The minimum Gasteiger partial charge on any atom is -0.457 e. The van der Waals surface area contributed by atoms with Crippen molar-refractivity contribution in [3.63, 3.8) is 0 Å². The third-order valence-electron chi connectivity index (χ3n) is 9.12. The highest BCUT2D eigenvalue weighted by Crippen LogP contribution is 2.53. The van der Waals surface area contributed by atoms with Gasteiger partial charge < -0.3 is 59.0 Å². The summed E-state index contributed by atoms with van der Waals surface area (Å²) in [6.45, 7) is 1.76. The highest BCUT2D eigenvalue weighted by atomic mass is 32.2. The molecule has 0 bridgehead atoms. The van der Waals surface area contributed by atoms with E-state index in [0.29, 0.717) is 12.8 Å². The molecule has 5 unspecified atom stereocenters. The second kappa shape index (κ2) is 40.5. The van der Waals surface area contributed by atoms with E-state index in [4.69, 9.17) is 30.1 Å². The van der Waals surface area contributed by atoms with Gasteiger partial charge in [-0.25, -0.2) is 18.3 Å². The number of phosphoric acid groups is 4. The molecule has 1 rings (SSSR count). The molecule has 74 heavy (non-hydrogen) atoms. The van der Waals surface area contributed by atoms with Gasteiger partial charge in [-0.15, -0.1) is 6.42 Å². The van der Waals surface area contributed by atoms with Gasteiger partial charge in [-0.3, -0.25) is 32.2 Å². The SMILES string of the molecule is C#CC#CC#CC#CC#CC#CC#CC#CSC(=O)CCC.CCCCCCCCCCCCCCCC(=O)O[C@H](COCO)COP(=O)(O)OC1C(O)[C@H](OP(=O)(O)O)C(OP(=O)(O)O)C(OP(=O)(O)O)[C@@H]1O.[HH].[HH].[HH].[HH].[HH].[HH].[HH].[HH].[HH].[HH].[HH].[HH].[HH].[HH].[HH]. The average molecular weight is 1170 g/mol. The number of rotatable bonds is 31. The molecule has 0 heterocycles. The number of aliphatic hydroxyl groups excluding tert-OH is 3. The van der Waals surface area contributed by atoms with Crippen LogP contribution in [0.1, 0.15) is 138 Å². The van der Waals surface area contributed by atoms with E-state index in [-0.39, 0.29) is 32.9 Å². The van der Waals surface area contributed by atoms with Crippen molar-refractivity contribution >= 4 is 54.1 Å². The van der Waals surface area contributed by atoms with Crippen LogP contribution in [0.2, 0.25) is 0 Å². The molecule has 1 aliphatic carbocycles. The van der Waals surface area contributed by atoms with Gasteiger partial charge >= 0.3 is 37.3 Å². The van der Waals surface area contributed by atoms with E-state index in [1.165, 1.54) is 44.9 Å². The van der Waals surface area contributed by atoms with Crippen molar-refractivity contribution in [2.24, 2.45) is 0 Å². The Morgan fingerprint density at radius 1 is 0.541 bits per heavy atom. The lowest BCUT2D eigenvalue weighted by Crippen LogP contribution is -2.65. The summed E-state index contributed by atoms with van der Waals surface area (Å²) in [5.41, 5.74) is 0. The molecule has 0 aromatic heterocycles. The van der Waals surface area contributed by atoms with Gasteiger partial charge in [0.1, 0.15) is 49.5 Å². The summed E-state index contributed by atoms with van der Waals surface area (Å²) in [7, 11) is -22.8. The molecule has 28 heteroatoms. The first-order valence-electron chi connectivity index (χ1n) is 22.7. The standard InChI is InChI=1S/C26H54O22P4.C20H8OS.15H2/c1-2-3-4-5-6-7-8-9-10-11-12-13-14-15-20(28)44-19(16-42-18-27)17-43-52(40,41)48-23-21(29)24(45-49(31,32)33)26(47-51(37,38)39)25(22(23)30)46-50(34,35)36;1-3-5-6-7-8-9-10-11-12-13-14-15-16-17-19-22-20(21)18-4-2;;;;;;;;;;;;;;;/h19,21-27,29-30H,2-18H2,1H3,(H,40,41)(H2,31,32,33)(H2,34,35,36)(H2,37,38,39);1H,4,18H2,2H3;15*1H/t19-,21-,22?,23?,24?,25+,26?;;;;;;;;;;;;;;;;/m1................/s1. The first-order chi connectivity index (χ1) is 34.9. The van der Waals surface area contributed by atoms with E-state index in [1.54, 1.807) is 0 Å². The van der Waals surface area contributed by atoms with Crippen LogP contribution in [-0.4, -0.2) is 123 Å². The lowest BCUT2D eigenvalue weighted by atomic mass is 9.85.